The number of unbranched alkanes of at least 4 members (excludes halogenated alkanes) is 2. The average Bonchev–Trinajstić information content (AvgIpc) is 3.21. The summed E-state index contributed by atoms with van der Waals surface area (Å²) in [5.74, 6) is 0.827. The van der Waals surface area contributed by atoms with E-state index in [9.17, 15) is 0 Å². The molecule has 1 aromatic carbocycles. The smallest absolute Gasteiger partial charge is 0.0634 e. The van der Waals surface area contributed by atoms with Gasteiger partial charge < -0.3 is 5.32 Å². The van der Waals surface area contributed by atoms with E-state index in [0.717, 1.165) is 5.92 Å². The second-order valence-corrected chi connectivity index (χ2v) is 7.11. The van der Waals surface area contributed by atoms with Crippen LogP contribution < -0.4 is 5.32 Å². The van der Waals surface area contributed by atoms with E-state index in [1.807, 2.05) is 11.3 Å². The Morgan fingerprint density at radius 3 is 2.57 bits per heavy atom. The van der Waals surface area contributed by atoms with Gasteiger partial charge in [-0.3, -0.25) is 0 Å². The zero-order chi connectivity index (χ0) is 14.5. The summed E-state index contributed by atoms with van der Waals surface area (Å²) in [4.78, 5) is 1.48. The predicted octanol–water partition coefficient (Wildman–Crippen LogP) is 6.04. The molecule has 1 heterocycles. The van der Waals surface area contributed by atoms with Crippen LogP contribution in [0.4, 0.5) is 5.69 Å². The molecule has 2 aromatic rings. The minimum Gasteiger partial charge on any atom is -0.377 e. The Labute approximate surface area is 132 Å². The van der Waals surface area contributed by atoms with Gasteiger partial charge in [0.15, 0.2) is 0 Å². The number of hydrogen-bond acceptors (Lipinski definition) is 2. The van der Waals surface area contributed by atoms with E-state index in [1.54, 1.807) is 0 Å². The fourth-order valence-electron chi connectivity index (χ4n) is 2.85. The Kier molecular flexibility index (Phi) is 4.97. The van der Waals surface area contributed by atoms with Crippen LogP contribution in [0.1, 0.15) is 55.5 Å². The van der Waals surface area contributed by atoms with E-state index >= 15 is 0 Å². The second kappa shape index (κ2) is 7.13. The van der Waals surface area contributed by atoms with Gasteiger partial charge in [-0.15, -0.1) is 11.3 Å². The van der Waals surface area contributed by atoms with Gasteiger partial charge in [0.1, 0.15) is 0 Å². The third-order valence-electron chi connectivity index (χ3n) is 4.29. The Hall–Kier alpha value is -1.28. The molecule has 0 radical (unpaired) electrons. The van der Waals surface area contributed by atoms with Crippen molar-refractivity contribution in [3.63, 3.8) is 0 Å². The number of nitrogens with one attached hydrogen (secondary N) is 1. The van der Waals surface area contributed by atoms with Crippen LogP contribution in [-0.4, -0.2) is 0 Å². The lowest BCUT2D eigenvalue weighted by atomic mass is 10.1. The van der Waals surface area contributed by atoms with Gasteiger partial charge in [0.2, 0.25) is 0 Å². The monoisotopic (exact) mass is 299 g/mol. The Morgan fingerprint density at radius 2 is 1.95 bits per heavy atom. The maximum absolute atomic E-state index is 3.75. The van der Waals surface area contributed by atoms with Crippen LogP contribution in [0.15, 0.2) is 41.8 Å². The molecule has 1 atom stereocenters. The van der Waals surface area contributed by atoms with Crippen LogP contribution in [0.2, 0.25) is 0 Å². The van der Waals surface area contributed by atoms with Gasteiger partial charge in [0, 0.05) is 10.6 Å². The number of hydrogen-bond donors (Lipinski definition) is 1. The van der Waals surface area contributed by atoms with Crippen molar-refractivity contribution in [2.75, 3.05) is 5.32 Å². The van der Waals surface area contributed by atoms with Crippen molar-refractivity contribution in [1.29, 1.82) is 0 Å². The maximum Gasteiger partial charge on any atom is 0.0634 e. The van der Waals surface area contributed by atoms with Crippen LogP contribution in [-0.2, 0) is 6.42 Å². The van der Waals surface area contributed by atoms with Crippen molar-refractivity contribution < 1.29 is 0 Å². The molecule has 1 aliphatic carbocycles. The molecule has 1 saturated carbocycles. The first kappa shape index (κ1) is 14.6. The van der Waals surface area contributed by atoms with Crippen LogP contribution >= 0.6 is 11.3 Å². The first-order chi connectivity index (χ1) is 10.4. The van der Waals surface area contributed by atoms with Gasteiger partial charge in [0.05, 0.1) is 6.04 Å². The normalized spacial score (nSPS) is 15.9. The predicted molar refractivity (Wildman–Crippen MR) is 93.1 cm³/mol. The summed E-state index contributed by atoms with van der Waals surface area (Å²) < 4.78 is 0. The molecule has 112 valence electrons. The number of thiophene rings is 1. The van der Waals surface area contributed by atoms with E-state index < -0.39 is 0 Å². The molecule has 3 rings (SSSR count). The second-order valence-electron chi connectivity index (χ2n) is 6.13. The molecule has 1 aromatic heterocycles. The zero-order valence-electron chi connectivity index (χ0n) is 12.8. The summed E-state index contributed by atoms with van der Waals surface area (Å²) in [6.45, 7) is 2.26. The zero-order valence-corrected chi connectivity index (χ0v) is 13.7. The summed E-state index contributed by atoms with van der Waals surface area (Å²) >= 11 is 1.87. The molecule has 0 spiro atoms. The van der Waals surface area contributed by atoms with E-state index in [2.05, 4.69) is 54.0 Å². The van der Waals surface area contributed by atoms with E-state index in [1.165, 1.54) is 54.7 Å². The van der Waals surface area contributed by atoms with Crippen LogP contribution in [0.5, 0.6) is 0 Å². The topological polar surface area (TPSA) is 12.0 Å². The quantitative estimate of drug-likeness (QED) is 0.586. The molecule has 0 bridgehead atoms. The minimum absolute atomic E-state index is 0.510. The molecular formula is C19H25NS. The van der Waals surface area contributed by atoms with Gasteiger partial charge in [-0.25, -0.2) is 0 Å². The standard InChI is InChI=1S/C19H25NS/c1-2-3-4-6-15-8-12-17(13-9-15)20-19(16-10-11-16)18-7-5-14-21-18/h5,7-9,12-14,16,19-20H,2-4,6,10-11H2,1H3. The van der Waals surface area contributed by atoms with E-state index in [4.69, 9.17) is 0 Å². The Morgan fingerprint density at radius 1 is 1.14 bits per heavy atom. The van der Waals surface area contributed by atoms with Crippen LogP contribution in [0, 0.1) is 5.92 Å². The van der Waals surface area contributed by atoms with E-state index in [-0.39, 0.29) is 0 Å². The van der Waals surface area contributed by atoms with Crippen molar-refractivity contribution in [2.45, 2.75) is 51.5 Å². The molecule has 1 aliphatic rings. The number of rotatable bonds is 8. The number of benzene rings is 1. The summed E-state index contributed by atoms with van der Waals surface area (Å²) in [5.41, 5.74) is 2.73. The molecule has 1 unspecified atom stereocenters. The van der Waals surface area contributed by atoms with Gasteiger partial charge in [-0.2, -0.15) is 0 Å². The maximum atomic E-state index is 3.75. The Bertz CT molecular complexity index is 525. The molecule has 0 aliphatic heterocycles. The molecule has 1 fully saturated rings. The first-order valence-corrected chi connectivity index (χ1v) is 9.13. The van der Waals surface area contributed by atoms with Crippen LogP contribution in [0.25, 0.3) is 0 Å². The highest BCUT2D eigenvalue weighted by molar-refractivity contribution is 7.10. The molecule has 2 heteroatoms. The van der Waals surface area contributed by atoms with Gasteiger partial charge in [-0.1, -0.05) is 38.0 Å². The van der Waals surface area contributed by atoms with Crippen molar-refractivity contribution >= 4 is 17.0 Å². The molecule has 21 heavy (non-hydrogen) atoms. The summed E-state index contributed by atoms with van der Waals surface area (Å²) in [5, 5.41) is 5.93. The molecule has 0 amide bonds. The lowest BCUT2D eigenvalue weighted by molar-refractivity contribution is 0.691. The third kappa shape index (κ3) is 4.10. The van der Waals surface area contributed by atoms with Crippen molar-refractivity contribution in [3.8, 4) is 0 Å². The molecule has 1 N–H and O–H groups in total. The lowest BCUT2D eigenvalue weighted by Gasteiger charge is -2.18. The van der Waals surface area contributed by atoms with Crippen molar-refractivity contribution in [3.05, 3.63) is 52.2 Å². The lowest BCUT2D eigenvalue weighted by Crippen LogP contribution is -2.11. The number of aryl methyl sites for hydroxylation is 1. The first-order valence-electron chi connectivity index (χ1n) is 8.25. The number of anilines is 1. The van der Waals surface area contributed by atoms with E-state index in [0.29, 0.717) is 6.04 Å². The molecule has 1 nitrogen and oxygen atoms in total. The molecule has 0 saturated heterocycles. The summed E-state index contributed by atoms with van der Waals surface area (Å²) in [6, 6.07) is 14.0. The van der Waals surface area contributed by atoms with Crippen molar-refractivity contribution in [1.82, 2.24) is 0 Å². The van der Waals surface area contributed by atoms with Gasteiger partial charge in [0.25, 0.3) is 0 Å². The summed E-state index contributed by atoms with van der Waals surface area (Å²) in [7, 11) is 0. The highest BCUT2D eigenvalue weighted by Gasteiger charge is 2.32. The van der Waals surface area contributed by atoms with Gasteiger partial charge >= 0.3 is 0 Å². The molecular weight excluding hydrogens is 274 g/mol. The minimum atomic E-state index is 0.510. The highest BCUT2D eigenvalue weighted by Crippen LogP contribution is 2.44. The largest absolute Gasteiger partial charge is 0.377 e. The average molecular weight is 299 g/mol. The highest BCUT2D eigenvalue weighted by atomic mass is 32.1. The van der Waals surface area contributed by atoms with Crippen LogP contribution in [0.3, 0.4) is 0 Å². The summed E-state index contributed by atoms with van der Waals surface area (Å²) in [6.07, 6.45) is 7.88. The van der Waals surface area contributed by atoms with Gasteiger partial charge in [-0.05, 0) is 60.7 Å². The fourth-order valence-corrected chi connectivity index (χ4v) is 3.71. The third-order valence-corrected chi connectivity index (χ3v) is 5.24. The Balaban J connectivity index is 1.61. The SMILES string of the molecule is CCCCCc1ccc(NC(c2cccs2)C2CC2)cc1. The van der Waals surface area contributed by atoms with Crippen molar-refractivity contribution in [2.24, 2.45) is 5.92 Å². The fraction of sp³-hybridized carbons (Fsp3) is 0.474.